The Bertz CT molecular complexity index is 611. The summed E-state index contributed by atoms with van der Waals surface area (Å²) in [6.07, 6.45) is -2.68. The van der Waals surface area contributed by atoms with Gasteiger partial charge in [-0.3, -0.25) is 9.59 Å². The number of esters is 2. The summed E-state index contributed by atoms with van der Waals surface area (Å²) >= 11 is 0. The van der Waals surface area contributed by atoms with E-state index >= 15 is 0 Å². The van der Waals surface area contributed by atoms with E-state index in [1.807, 2.05) is 0 Å². The van der Waals surface area contributed by atoms with Crippen LogP contribution >= 0.6 is 0 Å². The van der Waals surface area contributed by atoms with Crippen LogP contribution in [0.3, 0.4) is 0 Å². The summed E-state index contributed by atoms with van der Waals surface area (Å²) in [5.41, 5.74) is 6.06. The highest BCUT2D eigenvalue weighted by atomic mass is 16.9. The van der Waals surface area contributed by atoms with Gasteiger partial charge in [-0.25, -0.2) is 0 Å². The number of nitrogens with two attached hydrogens (primary N) is 1. The van der Waals surface area contributed by atoms with E-state index < -0.39 is 42.5 Å². The smallest absolute Gasteiger partial charge is 0.383 e. The summed E-state index contributed by atoms with van der Waals surface area (Å²) < 4.78 is 56.1. The third-order valence-corrected chi connectivity index (χ3v) is 4.69. The van der Waals surface area contributed by atoms with Gasteiger partial charge < -0.3 is 53.1 Å². The minimum atomic E-state index is -1.98. The number of carbonyl (C=O) groups excluding carboxylic acids is 2. The van der Waals surface area contributed by atoms with Gasteiger partial charge >= 0.3 is 23.9 Å². The van der Waals surface area contributed by atoms with Crippen molar-refractivity contribution >= 4 is 11.9 Å². The molecule has 0 aromatic heterocycles. The van der Waals surface area contributed by atoms with Crippen molar-refractivity contribution in [2.24, 2.45) is 5.73 Å². The first-order valence-electron chi connectivity index (χ1n) is 13.4. The van der Waals surface area contributed by atoms with Gasteiger partial charge in [-0.05, 0) is 61.8 Å². The Hall–Kier alpha value is -1.42. The minimum absolute atomic E-state index is 0.123. The number of rotatable bonds is 24. The molecule has 0 fully saturated rings. The number of ether oxygens (including phenoxy) is 10. The average Bonchev–Trinajstić information content (AvgIpc) is 2.87. The second-order valence-electron chi connectivity index (χ2n) is 7.46. The van der Waals surface area contributed by atoms with E-state index in [0.29, 0.717) is 0 Å². The van der Waals surface area contributed by atoms with Crippen molar-refractivity contribution in [2.75, 3.05) is 52.9 Å². The molecule has 1 unspecified atom stereocenters. The van der Waals surface area contributed by atoms with Gasteiger partial charge in [0, 0.05) is 32.8 Å². The van der Waals surface area contributed by atoms with Crippen molar-refractivity contribution in [3.05, 3.63) is 0 Å². The molecule has 13 nitrogen and oxygen atoms in total. The zero-order chi connectivity index (χ0) is 29.0. The van der Waals surface area contributed by atoms with Crippen LogP contribution in [0, 0.1) is 0 Å². The minimum Gasteiger partial charge on any atom is -0.404 e. The average molecular weight is 556 g/mol. The van der Waals surface area contributed by atoms with Crippen molar-refractivity contribution < 1.29 is 57.0 Å². The normalized spacial score (nSPS) is 13.2. The maximum absolute atomic E-state index is 12.9. The van der Waals surface area contributed by atoms with Crippen LogP contribution in [-0.2, 0) is 57.0 Å². The highest BCUT2D eigenvalue weighted by Gasteiger charge is 2.49. The van der Waals surface area contributed by atoms with Crippen molar-refractivity contribution in [3.8, 4) is 0 Å². The Balaban J connectivity index is 5.58. The van der Waals surface area contributed by atoms with Crippen molar-refractivity contribution in [1.82, 2.24) is 0 Å². The molecule has 0 spiro atoms. The van der Waals surface area contributed by atoms with E-state index in [-0.39, 0.29) is 65.7 Å². The molecule has 1 atom stereocenters. The lowest BCUT2D eigenvalue weighted by molar-refractivity contribution is -0.439. The molecule has 0 saturated heterocycles. The van der Waals surface area contributed by atoms with E-state index in [0.717, 1.165) is 0 Å². The Labute approximate surface area is 226 Å². The molecule has 2 N–H and O–H groups in total. The molecule has 13 heteroatoms. The first kappa shape index (κ1) is 36.6. The molecule has 38 heavy (non-hydrogen) atoms. The van der Waals surface area contributed by atoms with Gasteiger partial charge in [0.25, 0.3) is 12.6 Å². The summed E-state index contributed by atoms with van der Waals surface area (Å²) in [5, 5.41) is 0. The molecule has 0 amide bonds. The molecule has 0 heterocycles. The summed E-state index contributed by atoms with van der Waals surface area (Å²) in [4.78, 5) is 25.8. The predicted octanol–water partition coefficient (Wildman–Crippen LogP) is 2.43. The lowest BCUT2D eigenvalue weighted by Gasteiger charge is -2.37. The second kappa shape index (κ2) is 20.5. The molecule has 0 aliphatic rings. The van der Waals surface area contributed by atoms with Gasteiger partial charge in [0.2, 0.25) is 0 Å². The van der Waals surface area contributed by atoms with Crippen LogP contribution in [0.5, 0.6) is 0 Å². The van der Waals surface area contributed by atoms with E-state index in [9.17, 15) is 9.59 Å². The molecular weight excluding hydrogens is 506 g/mol. The summed E-state index contributed by atoms with van der Waals surface area (Å²) in [5.74, 6) is -5.54. The quantitative estimate of drug-likeness (QED) is 0.137. The topological polar surface area (TPSA) is 152 Å². The fourth-order valence-electron chi connectivity index (χ4n) is 3.30. The number of hydrogen-bond acceptors (Lipinski definition) is 13. The molecule has 0 aliphatic carbocycles. The molecule has 0 bridgehead atoms. The van der Waals surface area contributed by atoms with Gasteiger partial charge in [-0.1, -0.05) is 0 Å². The third-order valence-electron chi connectivity index (χ3n) is 4.69. The molecule has 0 saturated carbocycles. The highest BCUT2D eigenvalue weighted by molar-refractivity contribution is 5.77. The lowest BCUT2D eigenvalue weighted by Crippen LogP contribution is -2.55. The summed E-state index contributed by atoms with van der Waals surface area (Å²) in [6.45, 7) is 15.4. The van der Waals surface area contributed by atoms with Crippen molar-refractivity contribution in [2.45, 2.75) is 98.8 Å². The molecule has 0 rings (SSSR count). The van der Waals surface area contributed by atoms with Crippen LogP contribution in [0.2, 0.25) is 0 Å². The lowest BCUT2D eigenvalue weighted by atomic mass is 10.2. The van der Waals surface area contributed by atoms with E-state index in [2.05, 4.69) is 0 Å². The van der Waals surface area contributed by atoms with Crippen LogP contribution in [0.25, 0.3) is 0 Å². The maximum atomic E-state index is 12.9. The fraction of sp³-hybridized carbons (Fsp3) is 0.920. The summed E-state index contributed by atoms with van der Waals surface area (Å²) in [7, 11) is 0. The monoisotopic (exact) mass is 555 g/mol. The Kier molecular flexibility index (Phi) is 19.7. The van der Waals surface area contributed by atoms with Crippen molar-refractivity contribution in [3.63, 3.8) is 0 Å². The molecular formula is C25H49NO12. The first-order valence-corrected chi connectivity index (χ1v) is 13.4. The van der Waals surface area contributed by atoms with Crippen LogP contribution in [-0.4, -0.2) is 95.4 Å². The van der Waals surface area contributed by atoms with Crippen LogP contribution in [0.1, 0.15) is 68.2 Å². The van der Waals surface area contributed by atoms with E-state index in [1.54, 1.807) is 55.4 Å². The number of hydrogen-bond donors (Lipinski definition) is 1. The molecule has 0 radical (unpaired) electrons. The maximum Gasteiger partial charge on any atom is 0.383 e. The zero-order valence-electron chi connectivity index (χ0n) is 24.3. The molecule has 0 aromatic carbocycles. The van der Waals surface area contributed by atoms with Gasteiger partial charge in [-0.2, -0.15) is 0 Å². The van der Waals surface area contributed by atoms with Gasteiger partial charge in [0.1, 0.15) is 6.04 Å². The van der Waals surface area contributed by atoms with Gasteiger partial charge in [0.05, 0.1) is 26.4 Å². The molecule has 0 aromatic rings. The fourth-order valence-corrected chi connectivity index (χ4v) is 3.30. The van der Waals surface area contributed by atoms with Gasteiger partial charge in [0.15, 0.2) is 0 Å². The standard InChI is InChI=1S/C25H49NO12/c1-9-29-22(30-10-2)24(33-13-5,34-14-6)37-20(27)18-17-19(26)21(28)38-25(35-15-7,36-16-8)23(31-11-3)32-12-4/h19,22-23H,9-18,26H2,1-8H3. The number of carbonyl (C=O) groups is 2. The SMILES string of the molecule is CCOC(OCC)C(OCC)(OCC)OC(=O)CCC(N)C(=O)OC(OCC)(OCC)C(OCC)OCC. The highest BCUT2D eigenvalue weighted by Crippen LogP contribution is 2.27. The predicted molar refractivity (Wildman–Crippen MR) is 135 cm³/mol. The molecule has 226 valence electrons. The van der Waals surface area contributed by atoms with Gasteiger partial charge in [-0.15, -0.1) is 0 Å². The van der Waals surface area contributed by atoms with Crippen LogP contribution in [0.15, 0.2) is 0 Å². The van der Waals surface area contributed by atoms with Crippen molar-refractivity contribution in [1.29, 1.82) is 0 Å². The molecule has 0 aliphatic heterocycles. The largest absolute Gasteiger partial charge is 0.404 e. The Morgan fingerprint density at radius 1 is 0.579 bits per heavy atom. The third kappa shape index (κ3) is 11.8. The van der Waals surface area contributed by atoms with E-state index in [4.69, 9.17) is 53.1 Å². The first-order chi connectivity index (χ1) is 18.2. The Morgan fingerprint density at radius 2 is 0.921 bits per heavy atom. The Morgan fingerprint density at radius 3 is 1.24 bits per heavy atom. The second-order valence-corrected chi connectivity index (χ2v) is 7.46. The van der Waals surface area contributed by atoms with E-state index in [1.165, 1.54) is 0 Å². The van der Waals surface area contributed by atoms with Crippen LogP contribution in [0.4, 0.5) is 0 Å². The zero-order valence-corrected chi connectivity index (χ0v) is 24.3. The van der Waals surface area contributed by atoms with Crippen LogP contribution < -0.4 is 5.73 Å². The summed E-state index contributed by atoms with van der Waals surface area (Å²) in [6, 6.07) is -1.23.